The average molecular weight is 344 g/mol. The van der Waals surface area contributed by atoms with E-state index in [0.29, 0.717) is 11.3 Å². The lowest BCUT2D eigenvalue weighted by Gasteiger charge is -2.08. The Labute approximate surface area is 144 Å². The van der Waals surface area contributed by atoms with Crippen LogP contribution in [-0.4, -0.2) is 31.4 Å². The maximum absolute atomic E-state index is 13.6. The molecule has 130 valence electrons. The van der Waals surface area contributed by atoms with E-state index in [-0.39, 0.29) is 24.4 Å². The van der Waals surface area contributed by atoms with Gasteiger partial charge < -0.3 is 15.4 Å². The van der Waals surface area contributed by atoms with Gasteiger partial charge in [-0.2, -0.15) is 0 Å². The molecular weight excluding hydrogens is 327 g/mol. The summed E-state index contributed by atoms with van der Waals surface area (Å²) >= 11 is 0. The lowest BCUT2D eigenvalue weighted by Crippen LogP contribution is -2.26. The zero-order valence-corrected chi connectivity index (χ0v) is 13.5. The van der Waals surface area contributed by atoms with Crippen LogP contribution in [0.1, 0.15) is 27.1 Å². The molecule has 2 rings (SSSR count). The Hall–Kier alpha value is -3.22. The summed E-state index contributed by atoms with van der Waals surface area (Å²) in [5.41, 5.74) is 0.736. The summed E-state index contributed by atoms with van der Waals surface area (Å²) in [6.45, 7) is 0.164. The number of benzene rings is 2. The first kappa shape index (κ1) is 18.1. The lowest BCUT2D eigenvalue weighted by atomic mass is 10.1. The van der Waals surface area contributed by atoms with Crippen molar-refractivity contribution >= 4 is 23.5 Å². The first-order valence-corrected chi connectivity index (χ1v) is 7.52. The van der Waals surface area contributed by atoms with Crippen LogP contribution in [0.4, 0.5) is 10.1 Å². The zero-order chi connectivity index (χ0) is 18.2. The second-order valence-corrected chi connectivity index (χ2v) is 5.09. The normalized spacial score (nSPS) is 10.0. The standard InChI is InChI=1S/C18H17FN2O4/c1-25-16(22)10-11-20-17(23)12-6-8-13(9-7-12)21-18(24)14-4-2-3-5-15(14)19/h2-9H,10-11H2,1H3,(H,20,23)(H,21,24). The Morgan fingerprint density at radius 1 is 1.00 bits per heavy atom. The number of hydrogen-bond acceptors (Lipinski definition) is 4. The van der Waals surface area contributed by atoms with E-state index in [4.69, 9.17) is 0 Å². The predicted molar refractivity (Wildman–Crippen MR) is 89.8 cm³/mol. The van der Waals surface area contributed by atoms with Gasteiger partial charge in [0.05, 0.1) is 19.1 Å². The SMILES string of the molecule is COC(=O)CCNC(=O)c1ccc(NC(=O)c2ccccc2F)cc1. The van der Waals surface area contributed by atoms with Gasteiger partial charge in [0.15, 0.2) is 0 Å². The average Bonchev–Trinajstić information content (AvgIpc) is 2.62. The fourth-order valence-corrected chi connectivity index (χ4v) is 2.03. The van der Waals surface area contributed by atoms with Crippen molar-refractivity contribution < 1.29 is 23.5 Å². The van der Waals surface area contributed by atoms with Crippen LogP contribution in [0.2, 0.25) is 0 Å². The topological polar surface area (TPSA) is 84.5 Å². The van der Waals surface area contributed by atoms with Crippen LogP contribution in [0.3, 0.4) is 0 Å². The maximum Gasteiger partial charge on any atom is 0.307 e. The van der Waals surface area contributed by atoms with Crippen molar-refractivity contribution in [1.82, 2.24) is 5.32 Å². The molecule has 7 heteroatoms. The minimum Gasteiger partial charge on any atom is -0.469 e. The number of carbonyl (C=O) groups excluding carboxylic acids is 3. The minimum atomic E-state index is -0.610. The third-order valence-electron chi connectivity index (χ3n) is 3.37. The van der Waals surface area contributed by atoms with Crippen molar-refractivity contribution in [3.05, 3.63) is 65.5 Å². The molecule has 0 aliphatic heterocycles. The van der Waals surface area contributed by atoms with E-state index in [1.165, 1.54) is 49.6 Å². The Morgan fingerprint density at radius 3 is 2.32 bits per heavy atom. The monoisotopic (exact) mass is 344 g/mol. The van der Waals surface area contributed by atoms with Crippen LogP contribution >= 0.6 is 0 Å². The van der Waals surface area contributed by atoms with E-state index >= 15 is 0 Å². The number of halogens is 1. The molecule has 2 amide bonds. The number of nitrogens with one attached hydrogen (secondary N) is 2. The number of amides is 2. The van der Waals surface area contributed by atoms with Crippen LogP contribution in [0.5, 0.6) is 0 Å². The van der Waals surface area contributed by atoms with Gasteiger partial charge in [0.2, 0.25) is 0 Å². The van der Waals surface area contributed by atoms with E-state index in [1.807, 2.05) is 0 Å². The van der Waals surface area contributed by atoms with Crippen molar-refractivity contribution in [2.75, 3.05) is 19.0 Å². The van der Waals surface area contributed by atoms with Crippen LogP contribution < -0.4 is 10.6 Å². The highest BCUT2D eigenvalue weighted by molar-refractivity contribution is 6.04. The third kappa shape index (κ3) is 5.13. The highest BCUT2D eigenvalue weighted by atomic mass is 19.1. The summed E-state index contributed by atoms with van der Waals surface area (Å²) in [7, 11) is 1.28. The molecular formula is C18H17FN2O4. The quantitative estimate of drug-likeness (QED) is 0.788. The first-order valence-electron chi connectivity index (χ1n) is 7.52. The molecule has 0 unspecified atom stereocenters. The van der Waals surface area contributed by atoms with E-state index in [1.54, 1.807) is 6.07 Å². The van der Waals surface area contributed by atoms with Crippen molar-refractivity contribution in [2.24, 2.45) is 0 Å². The number of hydrogen-bond donors (Lipinski definition) is 2. The Kier molecular flexibility index (Phi) is 6.22. The molecule has 0 spiro atoms. The number of anilines is 1. The van der Waals surface area contributed by atoms with E-state index in [2.05, 4.69) is 15.4 Å². The summed E-state index contributed by atoms with van der Waals surface area (Å²) in [6.07, 6.45) is 0.0824. The molecule has 0 aromatic heterocycles. The summed E-state index contributed by atoms with van der Waals surface area (Å²) in [4.78, 5) is 34.9. The van der Waals surface area contributed by atoms with Crippen molar-refractivity contribution in [3.63, 3.8) is 0 Å². The molecule has 25 heavy (non-hydrogen) atoms. The highest BCUT2D eigenvalue weighted by Crippen LogP contribution is 2.13. The number of rotatable bonds is 6. The lowest BCUT2D eigenvalue weighted by molar-refractivity contribution is -0.140. The zero-order valence-electron chi connectivity index (χ0n) is 13.5. The summed E-state index contributed by atoms with van der Waals surface area (Å²) in [5, 5.41) is 5.14. The van der Waals surface area contributed by atoms with Gasteiger partial charge in [0.25, 0.3) is 11.8 Å². The number of ether oxygens (including phenoxy) is 1. The maximum atomic E-state index is 13.6. The minimum absolute atomic E-state index is 0.0628. The first-order chi connectivity index (χ1) is 12.0. The van der Waals surface area contributed by atoms with Crippen LogP contribution in [-0.2, 0) is 9.53 Å². The molecule has 2 aromatic rings. The highest BCUT2D eigenvalue weighted by Gasteiger charge is 2.11. The molecule has 6 nitrogen and oxygen atoms in total. The number of carbonyl (C=O) groups is 3. The molecule has 0 atom stereocenters. The molecule has 0 radical (unpaired) electrons. The number of methoxy groups -OCH3 is 1. The van der Waals surface area contributed by atoms with Crippen molar-refractivity contribution in [1.29, 1.82) is 0 Å². The Morgan fingerprint density at radius 2 is 1.68 bits per heavy atom. The van der Waals surface area contributed by atoms with E-state index in [0.717, 1.165) is 0 Å². The molecule has 2 aromatic carbocycles. The second-order valence-electron chi connectivity index (χ2n) is 5.09. The van der Waals surface area contributed by atoms with Gasteiger partial charge in [0.1, 0.15) is 5.82 Å². The fraction of sp³-hybridized carbons (Fsp3) is 0.167. The smallest absolute Gasteiger partial charge is 0.307 e. The molecule has 0 heterocycles. The van der Waals surface area contributed by atoms with Gasteiger partial charge in [-0.25, -0.2) is 4.39 Å². The molecule has 0 aliphatic carbocycles. The largest absolute Gasteiger partial charge is 0.469 e. The molecule has 0 fully saturated rings. The molecule has 0 saturated heterocycles. The summed E-state index contributed by atoms with van der Waals surface area (Å²) < 4.78 is 18.0. The molecule has 2 N–H and O–H groups in total. The van der Waals surface area contributed by atoms with Gasteiger partial charge in [-0.1, -0.05) is 12.1 Å². The Balaban J connectivity index is 1.93. The molecule has 0 bridgehead atoms. The summed E-state index contributed by atoms with van der Waals surface area (Å²) in [5.74, 6) is -1.95. The van der Waals surface area contributed by atoms with Gasteiger partial charge >= 0.3 is 5.97 Å². The summed E-state index contributed by atoms with van der Waals surface area (Å²) in [6, 6.07) is 11.8. The van der Waals surface area contributed by atoms with Gasteiger partial charge in [-0.05, 0) is 36.4 Å². The molecule has 0 saturated carbocycles. The van der Waals surface area contributed by atoms with Gasteiger partial charge in [0, 0.05) is 17.8 Å². The van der Waals surface area contributed by atoms with Crippen LogP contribution in [0, 0.1) is 5.82 Å². The van der Waals surface area contributed by atoms with E-state index in [9.17, 15) is 18.8 Å². The van der Waals surface area contributed by atoms with Crippen molar-refractivity contribution in [2.45, 2.75) is 6.42 Å². The van der Waals surface area contributed by atoms with Gasteiger partial charge in [-0.3, -0.25) is 14.4 Å². The van der Waals surface area contributed by atoms with Crippen molar-refractivity contribution in [3.8, 4) is 0 Å². The second kappa shape index (κ2) is 8.58. The fourth-order valence-electron chi connectivity index (χ4n) is 2.03. The third-order valence-corrected chi connectivity index (χ3v) is 3.37. The van der Waals surface area contributed by atoms with E-state index < -0.39 is 17.7 Å². The molecule has 0 aliphatic rings. The van der Waals surface area contributed by atoms with Crippen LogP contribution in [0.25, 0.3) is 0 Å². The Bertz CT molecular complexity index is 775. The van der Waals surface area contributed by atoms with Gasteiger partial charge in [-0.15, -0.1) is 0 Å². The predicted octanol–water partition coefficient (Wildman–Crippen LogP) is 2.37. The van der Waals surface area contributed by atoms with Crippen LogP contribution in [0.15, 0.2) is 48.5 Å². The number of esters is 1.